The third-order valence-electron chi connectivity index (χ3n) is 3.52. The van der Waals surface area contributed by atoms with Gasteiger partial charge in [-0.15, -0.1) is 0 Å². The summed E-state index contributed by atoms with van der Waals surface area (Å²) >= 11 is 0. The van der Waals surface area contributed by atoms with Gasteiger partial charge in [-0.3, -0.25) is 4.68 Å². The highest BCUT2D eigenvalue weighted by Gasteiger charge is 2.12. The van der Waals surface area contributed by atoms with E-state index in [2.05, 4.69) is 43.5 Å². The van der Waals surface area contributed by atoms with Gasteiger partial charge < -0.3 is 5.32 Å². The zero-order valence-electron chi connectivity index (χ0n) is 12.2. The lowest BCUT2D eigenvalue weighted by Gasteiger charge is -2.19. The molecule has 2 rings (SSSR count). The lowest BCUT2D eigenvalue weighted by atomic mass is 10.0. The van der Waals surface area contributed by atoms with Crippen molar-refractivity contribution >= 4 is 0 Å². The topological polar surface area (TPSA) is 53.6 Å². The van der Waals surface area contributed by atoms with E-state index in [-0.39, 0.29) is 12.1 Å². The maximum absolute atomic E-state index is 8.81. The molecule has 2 atom stereocenters. The van der Waals surface area contributed by atoms with E-state index in [4.69, 9.17) is 5.26 Å². The molecule has 0 bridgehead atoms. The Kier molecular flexibility index (Phi) is 4.54. The van der Waals surface area contributed by atoms with E-state index < -0.39 is 0 Å². The SMILES string of the molecule is CCn1cc(C(C)NC(C)c2ccc(C#N)cc2)cn1. The number of aryl methyl sites for hydroxylation is 1. The van der Waals surface area contributed by atoms with Gasteiger partial charge in [-0.05, 0) is 38.5 Å². The number of aromatic nitrogens is 2. The van der Waals surface area contributed by atoms with Crippen LogP contribution in [0, 0.1) is 11.3 Å². The summed E-state index contributed by atoms with van der Waals surface area (Å²) in [7, 11) is 0. The average Bonchev–Trinajstić information content (AvgIpc) is 2.96. The van der Waals surface area contributed by atoms with Crippen molar-refractivity contribution in [3.05, 3.63) is 53.3 Å². The van der Waals surface area contributed by atoms with Gasteiger partial charge in [-0.2, -0.15) is 10.4 Å². The van der Waals surface area contributed by atoms with Crippen LogP contribution in [0.2, 0.25) is 0 Å². The third kappa shape index (κ3) is 3.25. The summed E-state index contributed by atoms with van der Waals surface area (Å²) in [6.45, 7) is 7.23. The summed E-state index contributed by atoms with van der Waals surface area (Å²) in [6.07, 6.45) is 3.98. The highest BCUT2D eigenvalue weighted by atomic mass is 15.3. The van der Waals surface area contributed by atoms with Crippen molar-refractivity contribution in [1.82, 2.24) is 15.1 Å². The van der Waals surface area contributed by atoms with Gasteiger partial charge in [0, 0.05) is 30.4 Å². The second kappa shape index (κ2) is 6.36. The average molecular weight is 268 g/mol. The van der Waals surface area contributed by atoms with Crippen LogP contribution >= 0.6 is 0 Å². The number of nitriles is 1. The molecule has 4 nitrogen and oxygen atoms in total. The van der Waals surface area contributed by atoms with E-state index in [0.717, 1.165) is 6.54 Å². The zero-order valence-corrected chi connectivity index (χ0v) is 12.2. The van der Waals surface area contributed by atoms with Crippen LogP contribution in [-0.4, -0.2) is 9.78 Å². The predicted molar refractivity (Wildman–Crippen MR) is 79.0 cm³/mol. The first-order valence-electron chi connectivity index (χ1n) is 6.92. The van der Waals surface area contributed by atoms with Gasteiger partial charge in [0.25, 0.3) is 0 Å². The van der Waals surface area contributed by atoms with E-state index >= 15 is 0 Å². The summed E-state index contributed by atoms with van der Waals surface area (Å²) in [5.74, 6) is 0. The van der Waals surface area contributed by atoms with Gasteiger partial charge in [0.15, 0.2) is 0 Å². The Morgan fingerprint density at radius 3 is 2.40 bits per heavy atom. The van der Waals surface area contributed by atoms with E-state index in [1.54, 1.807) is 0 Å². The van der Waals surface area contributed by atoms with Gasteiger partial charge in [0.05, 0.1) is 17.8 Å². The monoisotopic (exact) mass is 268 g/mol. The molecule has 2 unspecified atom stereocenters. The zero-order chi connectivity index (χ0) is 14.5. The van der Waals surface area contributed by atoms with Crippen molar-refractivity contribution in [3.63, 3.8) is 0 Å². The standard InChI is InChI=1S/C16H20N4/c1-4-20-11-16(10-18-20)13(3)19-12(2)15-7-5-14(9-17)6-8-15/h5-8,10-13,19H,4H2,1-3H3. The Morgan fingerprint density at radius 1 is 1.20 bits per heavy atom. The molecule has 0 aliphatic heterocycles. The highest BCUT2D eigenvalue weighted by Crippen LogP contribution is 2.19. The Morgan fingerprint density at radius 2 is 1.85 bits per heavy atom. The molecule has 0 aliphatic carbocycles. The van der Waals surface area contributed by atoms with Crippen molar-refractivity contribution in [2.24, 2.45) is 0 Å². The second-order valence-electron chi connectivity index (χ2n) is 4.97. The van der Waals surface area contributed by atoms with Crippen LogP contribution in [0.15, 0.2) is 36.7 Å². The number of hydrogen-bond acceptors (Lipinski definition) is 3. The Hall–Kier alpha value is -2.12. The van der Waals surface area contributed by atoms with Crippen LogP contribution in [0.25, 0.3) is 0 Å². The lowest BCUT2D eigenvalue weighted by molar-refractivity contribution is 0.494. The molecule has 0 saturated carbocycles. The first kappa shape index (κ1) is 14.3. The second-order valence-corrected chi connectivity index (χ2v) is 4.97. The molecule has 2 aromatic rings. The van der Waals surface area contributed by atoms with E-state index in [1.165, 1.54) is 11.1 Å². The summed E-state index contributed by atoms with van der Waals surface area (Å²) in [5, 5.41) is 16.7. The van der Waals surface area contributed by atoms with E-state index in [0.29, 0.717) is 5.56 Å². The number of nitrogens with zero attached hydrogens (tertiary/aromatic N) is 3. The van der Waals surface area contributed by atoms with Crippen molar-refractivity contribution in [1.29, 1.82) is 5.26 Å². The van der Waals surface area contributed by atoms with Gasteiger partial charge in [0.2, 0.25) is 0 Å². The fraction of sp³-hybridized carbons (Fsp3) is 0.375. The first-order valence-corrected chi connectivity index (χ1v) is 6.92. The molecule has 0 amide bonds. The van der Waals surface area contributed by atoms with Crippen molar-refractivity contribution in [2.45, 2.75) is 39.4 Å². The molecule has 0 radical (unpaired) electrons. The predicted octanol–water partition coefficient (Wildman–Crippen LogP) is 3.19. The number of rotatable bonds is 5. The van der Waals surface area contributed by atoms with Gasteiger partial charge in [0.1, 0.15) is 0 Å². The van der Waals surface area contributed by atoms with Crippen molar-refractivity contribution in [2.75, 3.05) is 0 Å². The lowest BCUT2D eigenvalue weighted by Crippen LogP contribution is -2.22. The quantitative estimate of drug-likeness (QED) is 0.906. The minimum absolute atomic E-state index is 0.225. The summed E-state index contributed by atoms with van der Waals surface area (Å²) in [5.41, 5.74) is 3.06. The van der Waals surface area contributed by atoms with E-state index in [9.17, 15) is 0 Å². The van der Waals surface area contributed by atoms with Gasteiger partial charge in [-0.25, -0.2) is 0 Å². The maximum atomic E-state index is 8.81. The van der Waals surface area contributed by atoms with Crippen LogP contribution in [0.5, 0.6) is 0 Å². The molecule has 4 heteroatoms. The Balaban J connectivity index is 2.02. The fourth-order valence-corrected chi connectivity index (χ4v) is 2.19. The minimum Gasteiger partial charge on any atom is -0.304 e. The molecule has 104 valence electrons. The molecule has 1 aromatic heterocycles. The summed E-state index contributed by atoms with van der Waals surface area (Å²) < 4.78 is 1.93. The molecule has 1 N–H and O–H groups in total. The minimum atomic E-state index is 0.225. The van der Waals surface area contributed by atoms with Crippen LogP contribution in [0.3, 0.4) is 0 Å². The van der Waals surface area contributed by atoms with Crippen LogP contribution in [0.4, 0.5) is 0 Å². The molecule has 0 saturated heterocycles. The summed E-state index contributed by atoms with van der Waals surface area (Å²) in [4.78, 5) is 0. The van der Waals surface area contributed by atoms with Crippen molar-refractivity contribution in [3.8, 4) is 6.07 Å². The molecule has 0 fully saturated rings. The van der Waals surface area contributed by atoms with Crippen molar-refractivity contribution < 1.29 is 0 Å². The largest absolute Gasteiger partial charge is 0.304 e. The fourth-order valence-electron chi connectivity index (χ4n) is 2.19. The summed E-state index contributed by atoms with van der Waals surface area (Å²) in [6, 6.07) is 10.3. The number of nitrogens with one attached hydrogen (secondary N) is 1. The number of benzene rings is 1. The molecular weight excluding hydrogens is 248 g/mol. The van der Waals surface area contributed by atoms with Crippen LogP contribution in [0.1, 0.15) is 49.5 Å². The molecule has 20 heavy (non-hydrogen) atoms. The third-order valence-corrected chi connectivity index (χ3v) is 3.52. The molecule has 0 aliphatic rings. The maximum Gasteiger partial charge on any atom is 0.0991 e. The van der Waals surface area contributed by atoms with E-state index in [1.807, 2.05) is 35.1 Å². The van der Waals surface area contributed by atoms with Crippen LogP contribution in [-0.2, 0) is 6.54 Å². The van der Waals surface area contributed by atoms with Crippen LogP contribution < -0.4 is 5.32 Å². The van der Waals surface area contributed by atoms with Gasteiger partial charge >= 0.3 is 0 Å². The normalized spacial score (nSPS) is 13.7. The molecule has 0 spiro atoms. The van der Waals surface area contributed by atoms with Gasteiger partial charge in [-0.1, -0.05) is 12.1 Å². The Labute approximate surface area is 120 Å². The molecular formula is C16H20N4. The highest BCUT2D eigenvalue weighted by molar-refractivity contribution is 5.32. The first-order chi connectivity index (χ1) is 9.63. The Bertz CT molecular complexity index is 592. The smallest absolute Gasteiger partial charge is 0.0991 e. The number of hydrogen-bond donors (Lipinski definition) is 1. The molecule has 1 aromatic carbocycles. The molecule has 1 heterocycles.